The lowest BCUT2D eigenvalue weighted by atomic mass is 9.81. The first-order valence-electron chi connectivity index (χ1n) is 12.8. The summed E-state index contributed by atoms with van der Waals surface area (Å²) in [4.78, 5) is 37.0. The van der Waals surface area contributed by atoms with Crippen LogP contribution in [0.25, 0.3) is 10.9 Å². The van der Waals surface area contributed by atoms with Crippen LogP contribution in [0.3, 0.4) is 0 Å². The van der Waals surface area contributed by atoms with Gasteiger partial charge in [0, 0.05) is 41.1 Å². The molecule has 2 saturated heterocycles. The third kappa shape index (κ3) is 3.68. The number of fused-ring (bicyclic) bond motifs is 4. The molecule has 0 spiro atoms. The summed E-state index contributed by atoms with van der Waals surface area (Å²) in [7, 11) is 0. The number of phenolic OH excluding ortho intramolecular Hbond substituents is 1. The van der Waals surface area contributed by atoms with Crippen molar-refractivity contribution in [2.24, 2.45) is 0 Å². The molecule has 0 saturated carbocycles. The monoisotopic (exact) mass is 506 g/mol. The Bertz CT molecular complexity index is 1350. The maximum Gasteiger partial charge on any atom is 0.328 e. The number of carbonyl (C=O) groups is 2. The van der Waals surface area contributed by atoms with Crippen LogP contribution in [0.2, 0.25) is 5.02 Å². The van der Waals surface area contributed by atoms with Gasteiger partial charge in [-0.2, -0.15) is 0 Å². The van der Waals surface area contributed by atoms with Crippen molar-refractivity contribution in [2.45, 2.75) is 50.6 Å². The van der Waals surface area contributed by atoms with Gasteiger partial charge in [0.25, 0.3) is 5.91 Å². The van der Waals surface area contributed by atoms with E-state index in [1.807, 2.05) is 31.2 Å². The van der Waals surface area contributed by atoms with Crippen LogP contribution in [0, 0.1) is 0 Å². The smallest absolute Gasteiger partial charge is 0.328 e. The molecule has 188 valence electrons. The number of aromatic hydroxyl groups is 1. The van der Waals surface area contributed by atoms with Gasteiger partial charge in [0.15, 0.2) is 0 Å². The van der Waals surface area contributed by atoms with Crippen LogP contribution in [-0.4, -0.2) is 68.4 Å². The standard InChI is InChI=1S/C28H31ClN4O3/c1-28-17-22-21-16-19(29)9-10-23(21)30-24(22)25(18-7-6-8-20(34)15-18)33(28)27(36)32(26(28)35)14-13-31-11-4-2-3-5-12-31/h6-10,15-16,25,30,34H,2-5,11-14,17H2,1H3/t25-,28+/m1/s1. The van der Waals surface area contributed by atoms with Gasteiger partial charge < -0.3 is 15.0 Å². The van der Waals surface area contributed by atoms with Gasteiger partial charge in [0.1, 0.15) is 17.3 Å². The highest BCUT2D eigenvalue weighted by Crippen LogP contribution is 2.49. The van der Waals surface area contributed by atoms with Crippen LogP contribution >= 0.6 is 11.6 Å². The minimum Gasteiger partial charge on any atom is -0.508 e. The predicted molar refractivity (Wildman–Crippen MR) is 139 cm³/mol. The molecule has 0 unspecified atom stereocenters. The number of urea groups is 1. The van der Waals surface area contributed by atoms with Crippen LogP contribution < -0.4 is 0 Å². The van der Waals surface area contributed by atoms with Crippen LogP contribution in [0.4, 0.5) is 4.79 Å². The molecule has 2 N–H and O–H groups in total. The molecule has 3 aliphatic heterocycles. The van der Waals surface area contributed by atoms with E-state index in [0.29, 0.717) is 24.5 Å². The first kappa shape index (κ1) is 23.4. The number of nitrogens with one attached hydrogen (secondary N) is 1. The van der Waals surface area contributed by atoms with Gasteiger partial charge in [-0.15, -0.1) is 0 Å². The summed E-state index contributed by atoms with van der Waals surface area (Å²) >= 11 is 6.35. The highest BCUT2D eigenvalue weighted by atomic mass is 35.5. The molecule has 6 rings (SSSR count). The number of hydrogen-bond acceptors (Lipinski definition) is 4. The molecule has 0 radical (unpaired) electrons. The van der Waals surface area contributed by atoms with E-state index >= 15 is 0 Å². The fourth-order valence-corrected chi connectivity index (χ4v) is 6.50. The highest BCUT2D eigenvalue weighted by molar-refractivity contribution is 6.31. The predicted octanol–water partition coefficient (Wildman–Crippen LogP) is 5.07. The molecule has 2 atom stereocenters. The zero-order valence-electron chi connectivity index (χ0n) is 20.5. The van der Waals surface area contributed by atoms with Gasteiger partial charge in [-0.25, -0.2) is 4.79 Å². The Kier molecular flexibility index (Phi) is 5.73. The van der Waals surface area contributed by atoms with Crippen molar-refractivity contribution >= 4 is 34.4 Å². The minimum absolute atomic E-state index is 0.122. The summed E-state index contributed by atoms with van der Waals surface area (Å²) in [5.41, 5.74) is 2.50. The number of amides is 3. The number of aromatic amines is 1. The number of halogens is 1. The third-order valence-corrected chi connectivity index (χ3v) is 8.39. The fraction of sp³-hybridized carbons (Fsp3) is 0.429. The molecule has 4 heterocycles. The number of benzene rings is 2. The van der Waals surface area contributed by atoms with Gasteiger partial charge in [0.05, 0.1) is 0 Å². The Labute approximate surface area is 215 Å². The van der Waals surface area contributed by atoms with Crippen molar-refractivity contribution in [2.75, 3.05) is 26.2 Å². The number of nitrogens with zero attached hydrogens (tertiary/aromatic N) is 3. The molecule has 2 fully saturated rings. The number of imide groups is 1. The quantitative estimate of drug-likeness (QED) is 0.484. The lowest BCUT2D eigenvalue weighted by molar-refractivity contribution is -0.133. The lowest BCUT2D eigenvalue weighted by Gasteiger charge is -2.42. The van der Waals surface area contributed by atoms with E-state index in [4.69, 9.17) is 11.6 Å². The molecule has 8 heteroatoms. The fourth-order valence-electron chi connectivity index (χ4n) is 6.32. The summed E-state index contributed by atoms with van der Waals surface area (Å²) in [5, 5.41) is 11.9. The van der Waals surface area contributed by atoms with E-state index in [0.717, 1.165) is 53.7 Å². The molecular weight excluding hydrogens is 476 g/mol. The van der Waals surface area contributed by atoms with Gasteiger partial charge >= 0.3 is 6.03 Å². The first-order chi connectivity index (χ1) is 17.4. The third-order valence-electron chi connectivity index (χ3n) is 8.15. The number of H-pyrrole nitrogens is 1. The van der Waals surface area contributed by atoms with E-state index < -0.39 is 11.6 Å². The number of phenols is 1. The summed E-state index contributed by atoms with van der Waals surface area (Å²) < 4.78 is 0. The summed E-state index contributed by atoms with van der Waals surface area (Å²) in [6, 6.07) is 11.8. The Hall–Kier alpha value is -3.03. The summed E-state index contributed by atoms with van der Waals surface area (Å²) in [6.45, 7) is 4.99. The van der Waals surface area contributed by atoms with Gasteiger partial charge in [-0.1, -0.05) is 36.6 Å². The molecule has 3 aliphatic rings. The second-order valence-electron chi connectivity index (χ2n) is 10.5. The zero-order chi connectivity index (χ0) is 25.0. The van der Waals surface area contributed by atoms with Crippen molar-refractivity contribution < 1.29 is 14.7 Å². The maximum absolute atomic E-state index is 14.0. The van der Waals surface area contributed by atoms with Crippen molar-refractivity contribution in [3.05, 3.63) is 64.3 Å². The number of likely N-dealkylation sites (tertiary alicyclic amines) is 1. The number of hydrogen-bond donors (Lipinski definition) is 2. The second kappa shape index (κ2) is 8.82. The molecule has 36 heavy (non-hydrogen) atoms. The maximum atomic E-state index is 14.0. The van der Waals surface area contributed by atoms with E-state index in [-0.39, 0.29) is 17.7 Å². The largest absolute Gasteiger partial charge is 0.508 e. The van der Waals surface area contributed by atoms with Crippen LogP contribution in [0.5, 0.6) is 5.75 Å². The van der Waals surface area contributed by atoms with Crippen molar-refractivity contribution in [3.63, 3.8) is 0 Å². The van der Waals surface area contributed by atoms with Crippen molar-refractivity contribution in [1.82, 2.24) is 19.7 Å². The lowest BCUT2D eigenvalue weighted by Crippen LogP contribution is -2.53. The Balaban J connectivity index is 1.42. The minimum atomic E-state index is -1.03. The number of carbonyl (C=O) groups excluding carboxylic acids is 2. The average Bonchev–Trinajstić information content (AvgIpc) is 3.12. The van der Waals surface area contributed by atoms with Gasteiger partial charge in [0.2, 0.25) is 0 Å². The van der Waals surface area contributed by atoms with E-state index in [2.05, 4.69) is 9.88 Å². The number of rotatable bonds is 4. The Morgan fingerprint density at radius 2 is 1.83 bits per heavy atom. The molecule has 2 aromatic carbocycles. The van der Waals surface area contributed by atoms with Gasteiger partial charge in [-0.05, 0) is 74.3 Å². The molecule has 0 aliphatic carbocycles. The molecular formula is C28H31ClN4O3. The Morgan fingerprint density at radius 1 is 1.06 bits per heavy atom. The zero-order valence-corrected chi connectivity index (χ0v) is 21.2. The van der Waals surface area contributed by atoms with Crippen LogP contribution in [0.1, 0.15) is 55.5 Å². The second-order valence-corrected chi connectivity index (χ2v) is 11.0. The topological polar surface area (TPSA) is 79.9 Å². The van der Waals surface area contributed by atoms with E-state index in [1.54, 1.807) is 23.1 Å². The average molecular weight is 507 g/mol. The van der Waals surface area contributed by atoms with Crippen molar-refractivity contribution in [1.29, 1.82) is 0 Å². The molecule has 1 aromatic heterocycles. The SMILES string of the molecule is C[C@@]12Cc3c([nH]c4ccc(Cl)cc34)[C@@H](c3cccc(O)c3)N1C(=O)N(CCN1CCCCCC1)C2=O. The first-order valence-corrected chi connectivity index (χ1v) is 13.2. The molecule has 3 amide bonds. The van der Waals surface area contributed by atoms with E-state index in [1.165, 1.54) is 17.7 Å². The summed E-state index contributed by atoms with van der Waals surface area (Å²) in [5.74, 6) is -0.0361. The van der Waals surface area contributed by atoms with Crippen LogP contribution in [0.15, 0.2) is 42.5 Å². The normalized spacial score (nSPS) is 24.8. The van der Waals surface area contributed by atoms with Crippen molar-refractivity contribution in [3.8, 4) is 5.75 Å². The van der Waals surface area contributed by atoms with Crippen LogP contribution in [-0.2, 0) is 11.2 Å². The molecule has 0 bridgehead atoms. The highest BCUT2D eigenvalue weighted by Gasteiger charge is 2.60. The summed E-state index contributed by atoms with van der Waals surface area (Å²) in [6.07, 6.45) is 5.21. The molecule has 3 aromatic rings. The van der Waals surface area contributed by atoms with E-state index in [9.17, 15) is 14.7 Å². The Morgan fingerprint density at radius 3 is 2.58 bits per heavy atom. The molecule has 7 nitrogen and oxygen atoms in total. The van der Waals surface area contributed by atoms with Gasteiger partial charge in [-0.3, -0.25) is 14.6 Å². The number of aromatic nitrogens is 1.